The second kappa shape index (κ2) is 7.19. The molecule has 20 heavy (non-hydrogen) atoms. The highest BCUT2D eigenvalue weighted by atomic mass is 32.2. The first-order valence-electron chi connectivity index (χ1n) is 7.33. The monoisotopic (exact) mass is 300 g/mol. The number of hydrogen-bond acceptors (Lipinski definition) is 4. The summed E-state index contributed by atoms with van der Waals surface area (Å²) in [5.74, 6) is 0.850. The zero-order valence-corrected chi connectivity index (χ0v) is 12.7. The van der Waals surface area contributed by atoms with Gasteiger partial charge in [-0.05, 0) is 38.6 Å². The zero-order valence-electron chi connectivity index (χ0n) is 11.9. The van der Waals surface area contributed by atoms with Crippen LogP contribution >= 0.6 is 0 Å². The van der Waals surface area contributed by atoms with E-state index < -0.39 is 10.0 Å². The number of aromatic amines is 1. The van der Waals surface area contributed by atoms with Crippen LogP contribution in [0.15, 0.2) is 12.4 Å². The Labute approximate surface area is 120 Å². The fourth-order valence-corrected chi connectivity index (χ4v) is 3.50. The topological polar surface area (TPSA) is 86.9 Å². The van der Waals surface area contributed by atoms with Gasteiger partial charge in [0.1, 0.15) is 5.82 Å². The molecule has 2 rings (SSSR count). The lowest BCUT2D eigenvalue weighted by molar-refractivity contribution is 0.535. The molecule has 0 radical (unpaired) electrons. The van der Waals surface area contributed by atoms with E-state index >= 15 is 0 Å². The van der Waals surface area contributed by atoms with E-state index in [0.29, 0.717) is 24.7 Å². The Morgan fingerprint density at radius 3 is 2.85 bits per heavy atom. The van der Waals surface area contributed by atoms with E-state index in [1.165, 1.54) is 12.8 Å². The minimum atomic E-state index is -3.24. The van der Waals surface area contributed by atoms with Gasteiger partial charge in [-0.15, -0.1) is 0 Å². The lowest BCUT2D eigenvalue weighted by Crippen LogP contribution is -2.31. The van der Waals surface area contributed by atoms with Crippen LogP contribution in [0.4, 0.5) is 0 Å². The SMILES string of the molecule is CCC(NS(=O)(=O)CCCCNC1CC1)c1ncc[nH]1. The molecule has 114 valence electrons. The maximum absolute atomic E-state index is 12.0. The van der Waals surface area contributed by atoms with Gasteiger partial charge in [0.2, 0.25) is 10.0 Å². The van der Waals surface area contributed by atoms with Gasteiger partial charge in [0.15, 0.2) is 0 Å². The van der Waals surface area contributed by atoms with E-state index in [1.54, 1.807) is 12.4 Å². The third-order valence-electron chi connectivity index (χ3n) is 3.43. The highest BCUT2D eigenvalue weighted by Gasteiger charge is 2.21. The standard InChI is InChI=1S/C13H24N4O2S/c1-2-12(13-15-8-9-16-13)17-20(18,19)10-4-3-7-14-11-5-6-11/h8-9,11-12,14,17H,2-7,10H2,1H3,(H,15,16). The van der Waals surface area contributed by atoms with Gasteiger partial charge in [-0.25, -0.2) is 18.1 Å². The molecular formula is C13H24N4O2S. The molecule has 1 saturated carbocycles. The van der Waals surface area contributed by atoms with Crippen molar-refractivity contribution < 1.29 is 8.42 Å². The summed E-state index contributed by atoms with van der Waals surface area (Å²) in [6.45, 7) is 2.85. The van der Waals surface area contributed by atoms with Gasteiger partial charge in [0, 0.05) is 18.4 Å². The highest BCUT2D eigenvalue weighted by Crippen LogP contribution is 2.18. The van der Waals surface area contributed by atoms with Crippen molar-refractivity contribution in [3.05, 3.63) is 18.2 Å². The van der Waals surface area contributed by atoms with Gasteiger partial charge in [0.25, 0.3) is 0 Å². The van der Waals surface area contributed by atoms with E-state index in [2.05, 4.69) is 20.0 Å². The molecule has 1 heterocycles. The fourth-order valence-electron chi connectivity index (χ4n) is 2.09. The molecule has 1 aromatic rings. The van der Waals surface area contributed by atoms with Gasteiger partial charge in [0.05, 0.1) is 11.8 Å². The molecule has 1 aliphatic carbocycles. The van der Waals surface area contributed by atoms with Crippen LogP contribution in [-0.2, 0) is 10.0 Å². The van der Waals surface area contributed by atoms with Crippen molar-refractivity contribution in [1.82, 2.24) is 20.0 Å². The van der Waals surface area contributed by atoms with E-state index in [4.69, 9.17) is 0 Å². The number of H-pyrrole nitrogens is 1. The van der Waals surface area contributed by atoms with Crippen LogP contribution in [0.3, 0.4) is 0 Å². The normalized spacial score (nSPS) is 17.2. The Balaban J connectivity index is 1.71. The first-order valence-corrected chi connectivity index (χ1v) is 8.98. The van der Waals surface area contributed by atoms with Crippen LogP contribution in [-0.4, -0.2) is 36.7 Å². The first-order chi connectivity index (χ1) is 9.61. The quantitative estimate of drug-likeness (QED) is 0.569. The summed E-state index contributed by atoms with van der Waals surface area (Å²) in [6.07, 6.45) is 8.13. The van der Waals surface area contributed by atoms with Crippen molar-refractivity contribution in [2.75, 3.05) is 12.3 Å². The molecular weight excluding hydrogens is 276 g/mol. The van der Waals surface area contributed by atoms with Crippen LogP contribution in [0.25, 0.3) is 0 Å². The third-order valence-corrected chi connectivity index (χ3v) is 4.90. The van der Waals surface area contributed by atoms with E-state index in [-0.39, 0.29) is 11.8 Å². The minimum Gasteiger partial charge on any atom is -0.347 e. The molecule has 1 atom stereocenters. The first kappa shape index (κ1) is 15.5. The number of aromatic nitrogens is 2. The van der Waals surface area contributed by atoms with Gasteiger partial charge in [-0.3, -0.25) is 0 Å². The second-order valence-electron chi connectivity index (χ2n) is 5.31. The summed E-state index contributed by atoms with van der Waals surface area (Å²) in [7, 11) is -3.24. The molecule has 7 heteroatoms. The smallest absolute Gasteiger partial charge is 0.212 e. The Hall–Kier alpha value is -0.920. The fraction of sp³-hybridized carbons (Fsp3) is 0.769. The molecule has 1 aromatic heterocycles. The molecule has 0 aliphatic heterocycles. The zero-order chi connectivity index (χ0) is 14.4. The summed E-state index contributed by atoms with van der Waals surface area (Å²) >= 11 is 0. The molecule has 0 aromatic carbocycles. The van der Waals surface area contributed by atoms with Crippen molar-refractivity contribution in [2.45, 2.75) is 51.1 Å². The molecule has 6 nitrogen and oxygen atoms in total. The molecule has 0 bridgehead atoms. The number of unbranched alkanes of at least 4 members (excludes halogenated alkanes) is 1. The predicted molar refractivity (Wildman–Crippen MR) is 78.8 cm³/mol. The maximum Gasteiger partial charge on any atom is 0.212 e. The molecule has 1 aliphatic rings. The summed E-state index contributed by atoms with van der Waals surface area (Å²) in [6, 6.07) is 0.424. The number of nitrogens with one attached hydrogen (secondary N) is 3. The third kappa shape index (κ3) is 5.22. The van der Waals surface area contributed by atoms with Crippen molar-refractivity contribution in [2.24, 2.45) is 0 Å². The Morgan fingerprint density at radius 1 is 1.45 bits per heavy atom. The summed E-state index contributed by atoms with van der Waals surface area (Å²) in [5, 5.41) is 3.39. The van der Waals surface area contributed by atoms with Crippen molar-refractivity contribution >= 4 is 10.0 Å². The predicted octanol–water partition coefficient (Wildman–Crippen LogP) is 1.31. The lowest BCUT2D eigenvalue weighted by Gasteiger charge is -2.15. The largest absolute Gasteiger partial charge is 0.347 e. The van der Waals surface area contributed by atoms with Crippen LogP contribution in [0.1, 0.15) is 50.9 Å². The van der Waals surface area contributed by atoms with Crippen molar-refractivity contribution in [1.29, 1.82) is 0 Å². The van der Waals surface area contributed by atoms with Crippen LogP contribution in [0, 0.1) is 0 Å². The van der Waals surface area contributed by atoms with Crippen LogP contribution in [0.5, 0.6) is 0 Å². The second-order valence-corrected chi connectivity index (χ2v) is 7.18. The van der Waals surface area contributed by atoms with Gasteiger partial charge < -0.3 is 10.3 Å². The molecule has 1 unspecified atom stereocenters. The van der Waals surface area contributed by atoms with Gasteiger partial charge in [-0.1, -0.05) is 6.92 Å². The minimum absolute atomic E-state index is 0.177. The average molecular weight is 300 g/mol. The van der Waals surface area contributed by atoms with Crippen molar-refractivity contribution in [3.8, 4) is 0 Å². The summed E-state index contributed by atoms with van der Waals surface area (Å²) in [4.78, 5) is 7.07. The van der Waals surface area contributed by atoms with Crippen LogP contribution in [0.2, 0.25) is 0 Å². The number of rotatable bonds is 10. The van der Waals surface area contributed by atoms with E-state index in [0.717, 1.165) is 13.0 Å². The van der Waals surface area contributed by atoms with Crippen molar-refractivity contribution in [3.63, 3.8) is 0 Å². The average Bonchev–Trinajstić information content (AvgIpc) is 3.07. The van der Waals surface area contributed by atoms with Crippen LogP contribution < -0.4 is 10.0 Å². The summed E-state index contributed by atoms with van der Waals surface area (Å²) in [5.41, 5.74) is 0. The molecule has 0 spiro atoms. The van der Waals surface area contributed by atoms with E-state index in [9.17, 15) is 8.42 Å². The number of nitrogens with zero attached hydrogens (tertiary/aromatic N) is 1. The number of imidazole rings is 1. The Kier molecular flexibility index (Phi) is 5.56. The molecule has 0 amide bonds. The lowest BCUT2D eigenvalue weighted by atomic mass is 10.2. The Morgan fingerprint density at radius 2 is 2.25 bits per heavy atom. The summed E-state index contributed by atoms with van der Waals surface area (Å²) < 4.78 is 26.8. The number of sulfonamides is 1. The maximum atomic E-state index is 12.0. The molecule has 3 N–H and O–H groups in total. The molecule has 0 saturated heterocycles. The van der Waals surface area contributed by atoms with E-state index in [1.807, 2.05) is 6.92 Å². The van der Waals surface area contributed by atoms with Gasteiger partial charge in [-0.2, -0.15) is 0 Å². The van der Waals surface area contributed by atoms with Gasteiger partial charge >= 0.3 is 0 Å². The molecule has 1 fully saturated rings. The highest BCUT2D eigenvalue weighted by molar-refractivity contribution is 7.89. The Bertz CT molecular complexity index is 482. The number of hydrogen-bond donors (Lipinski definition) is 3.